The molecule has 10 nitrogen and oxygen atoms in total. The van der Waals surface area contributed by atoms with Gasteiger partial charge in [-0.1, -0.05) is 0 Å². The summed E-state index contributed by atoms with van der Waals surface area (Å²) in [6, 6.07) is 11.0. The number of morpholine rings is 1. The largest absolute Gasteiger partial charge is 0.481 e. The lowest BCUT2D eigenvalue weighted by Gasteiger charge is -2.30. The molecule has 0 saturated carbocycles. The minimum Gasteiger partial charge on any atom is -0.481 e. The highest BCUT2D eigenvalue weighted by Crippen LogP contribution is 2.34. The lowest BCUT2D eigenvalue weighted by Crippen LogP contribution is -2.42. The van der Waals surface area contributed by atoms with Gasteiger partial charge in [0, 0.05) is 43.5 Å². The lowest BCUT2D eigenvalue weighted by atomic mass is 10.2. The lowest BCUT2D eigenvalue weighted by molar-refractivity contribution is -0.121. The quantitative estimate of drug-likeness (QED) is 0.625. The number of hydrogen-bond acceptors (Lipinski definition) is 7. The first kappa shape index (κ1) is 24.1. The summed E-state index contributed by atoms with van der Waals surface area (Å²) in [5.74, 6) is 0.0213. The number of fused-ring (bicyclic) bond motifs is 1. The number of carbonyl (C=O) groups is 2. The summed E-state index contributed by atoms with van der Waals surface area (Å²) in [5.41, 5.74) is 1.49. The number of anilines is 2. The van der Waals surface area contributed by atoms with Crippen molar-refractivity contribution in [3.8, 4) is 5.75 Å². The van der Waals surface area contributed by atoms with Crippen LogP contribution in [0.25, 0.3) is 0 Å². The Kier molecular flexibility index (Phi) is 7.17. The number of nitrogens with one attached hydrogen (secondary N) is 1. The number of carbonyl (C=O) groups excluding carboxylic acids is 2. The fraction of sp³-hybridized carbons (Fsp3) is 0.391. The molecule has 0 aliphatic carbocycles. The van der Waals surface area contributed by atoms with Crippen LogP contribution < -0.4 is 15.0 Å². The molecule has 34 heavy (non-hydrogen) atoms. The van der Waals surface area contributed by atoms with E-state index in [1.165, 1.54) is 28.6 Å². The molecule has 2 aliphatic rings. The predicted octanol–water partition coefficient (Wildman–Crippen LogP) is 1.25. The Morgan fingerprint density at radius 3 is 2.47 bits per heavy atom. The van der Waals surface area contributed by atoms with Crippen LogP contribution in [0.4, 0.5) is 11.4 Å². The van der Waals surface area contributed by atoms with Crippen LogP contribution in [0, 0.1) is 0 Å². The Balaban J connectivity index is 1.45. The van der Waals surface area contributed by atoms with Crippen molar-refractivity contribution in [3.05, 3.63) is 48.0 Å². The van der Waals surface area contributed by atoms with Crippen molar-refractivity contribution in [3.63, 3.8) is 0 Å². The maximum absolute atomic E-state index is 12.8. The molecule has 0 radical (unpaired) electrons. The summed E-state index contributed by atoms with van der Waals surface area (Å²) in [6.07, 6.45) is 0. The van der Waals surface area contributed by atoms with Crippen molar-refractivity contribution in [1.29, 1.82) is 0 Å². The van der Waals surface area contributed by atoms with Gasteiger partial charge in [0.15, 0.2) is 6.61 Å². The number of benzene rings is 2. The minimum atomic E-state index is -3.62. The fourth-order valence-corrected chi connectivity index (χ4v) is 5.15. The van der Waals surface area contributed by atoms with E-state index in [2.05, 4.69) is 5.32 Å². The molecule has 2 aromatic rings. The molecule has 1 saturated heterocycles. The Morgan fingerprint density at radius 2 is 1.79 bits per heavy atom. The SMILES string of the molecule is CN(C)CCN1C(=O)COc2cc(NC(=O)c3ccc(S(=O)(=O)N4CCOCC4)cc3)ccc21. The monoisotopic (exact) mass is 488 g/mol. The zero-order valence-corrected chi connectivity index (χ0v) is 20.0. The van der Waals surface area contributed by atoms with Crippen LogP contribution >= 0.6 is 0 Å². The van der Waals surface area contributed by atoms with Gasteiger partial charge in [0.05, 0.1) is 23.8 Å². The summed E-state index contributed by atoms with van der Waals surface area (Å²) in [7, 11) is 0.255. The van der Waals surface area contributed by atoms with Gasteiger partial charge in [-0.25, -0.2) is 8.42 Å². The first-order chi connectivity index (χ1) is 16.3. The zero-order valence-electron chi connectivity index (χ0n) is 19.2. The molecule has 4 rings (SSSR count). The molecular formula is C23H28N4O6S. The van der Waals surface area contributed by atoms with Crippen molar-refractivity contribution in [2.45, 2.75) is 4.90 Å². The standard InChI is InChI=1S/C23H28N4O6S/c1-25(2)9-10-27-20-8-5-18(15-21(20)33-16-22(27)28)24-23(29)17-3-6-19(7-4-17)34(30,31)26-11-13-32-14-12-26/h3-8,15H,9-14,16H2,1-2H3,(H,24,29). The molecule has 0 aromatic heterocycles. The molecule has 2 heterocycles. The second-order valence-corrected chi connectivity index (χ2v) is 10.3. The third-order valence-corrected chi connectivity index (χ3v) is 7.57. The molecule has 2 aliphatic heterocycles. The Hall–Kier alpha value is -2.99. The first-order valence-corrected chi connectivity index (χ1v) is 12.4. The Morgan fingerprint density at radius 1 is 1.09 bits per heavy atom. The summed E-state index contributed by atoms with van der Waals surface area (Å²) >= 11 is 0. The van der Waals surface area contributed by atoms with E-state index in [9.17, 15) is 18.0 Å². The van der Waals surface area contributed by atoms with Crippen molar-refractivity contribution in [2.24, 2.45) is 0 Å². The van der Waals surface area contributed by atoms with Crippen LogP contribution in [0.15, 0.2) is 47.4 Å². The van der Waals surface area contributed by atoms with Gasteiger partial charge in [0.25, 0.3) is 11.8 Å². The second kappa shape index (κ2) is 10.1. The van der Waals surface area contributed by atoms with Gasteiger partial charge in [-0.05, 0) is 50.5 Å². The van der Waals surface area contributed by atoms with Gasteiger partial charge in [-0.2, -0.15) is 4.31 Å². The van der Waals surface area contributed by atoms with Crippen molar-refractivity contribution < 1.29 is 27.5 Å². The maximum atomic E-state index is 12.8. The fourth-order valence-electron chi connectivity index (χ4n) is 3.74. The molecule has 11 heteroatoms. The number of nitrogens with zero attached hydrogens (tertiary/aromatic N) is 3. The van der Waals surface area contributed by atoms with Crippen molar-refractivity contribution in [1.82, 2.24) is 9.21 Å². The van der Waals surface area contributed by atoms with Gasteiger partial charge >= 0.3 is 0 Å². The van der Waals surface area contributed by atoms with E-state index in [1.807, 2.05) is 19.0 Å². The number of ether oxygens (including phenoxy) is 2. The molecule has 0 bridgehead atoms. The topological polar surface area (TPSA) is 108 Å². The normalized spacial score (nSPS) is 16.8. The number of rotatable bonds is 7. The van der Waals surface area contributed by atoms with E-state index in [0.29, 0.717) is 62.1 Å². The molecule has 0 unspecified atom stereocenters. The third kappa shape index (κ3) is 5.22. The number of hydrogen-bond donors (Lipinski definition) is 1. The highest BCUT2D eigenvalue weighted by atomic mass is 32.2. The zero-order chi connectivity index (χ0) is 24.3. The molecular weight excluding hydrogens is 460 g/mol. The summed E-state index contributed by atoms with van der Waals surface area (Å²) < 4.78 is 37.7. The van der Waals surface area contributed by atoms with Crippen LogP contribution in [0.3, 0.4) is 0 Å². The van der Waals surface area contributed by atoms with E-state index in [1.54, 1.807) is 23.1 Å². The van der Waals surface area contributed by atoms with E-state index in [4.69, 9.17) is 9.47 Å². The molecule has 1 fully saturated rings. The van der Waals surface area contributed by atoms with Crippen LogP contribution in [0.2, 0.25) is 0 Å². The summed E-state index contributed by atoms with van der Waals surface area (Å²) in [5, 5.41) is 2.80. The molecule has 2 amide bonds. The van der Waals surface area contributed by atoms with Gasteiger partial charge in [0.1, 0.15) is 5.75 Å². The van der Waals surface area contributed by atoms with Gasteiger partial charge in [-0.15, -0.1) is 0 Å². The molecule has 2 aromatic carbocycles. The second-order valence-electron chi connectivity index (χ2n) is 8.31. The van der Waals surface area contributed by atoms with Gasteiger partial charge in [-0.3, -0.25) is 9.59 Å². The van der Waals surface area contributed by atoms with E-state index in [-0.39, 0.29) is 23.3 Å². The van der Waals surface area contributed by atoms with Crippen LogP contribution in [-0.4, -0.2) is 89.5 Å². The van der Waals surface area contributed by atoms with E-state index < -0.39 is 10.0 Å². The van der Waals surface area contributed by atoms with Crippen molar-refractivity contribution in [2.75, 3.05) is 70.3 Å². The van der Waals surface area contributed by atoms with Crippen LogP contribution in [0.1, 0.15) is 10.4 Å². The smallest absolute Gasteiger partial charge is 0.265 e. The average Bonchev–Trinajstić information content (AvgIpc) is 2.84. The summed E-state index contributed by atoms with van der Waals surface area (Å²) in [6.45, 7) is 2.54. The van der Waals surface area contributed by atoms with Crippen molar-refractivity contribution >= 4 is 33.2 Å². The maximum Gasteiger partial charge on any atom is 0.265 e. The molecule has 0 spiro atoms. The number of likely N-dealkylation sites (N-methyl/N-ethyl adjacent to an activating group) is 1. The van der Waals surface area contributed by atoms with E-state index in [0.717, 1.165) is 0 Å². The highest BCUT2D eigenvalue weighted by Gasteiger charge is 2.27. The van der Waals surface area contributed by atoms with Crippen LogP contribution in [-0.2, 0) is 19.6 Å². The average molecular weight is 489 g/mol. The number of sulfonamides is 1. The van der Waals surface area contributed by atoms with E-state index >= 15 is 0 Å². The molecule has 182 valence electrons. The third-order valence-electron chi connectivity index (χ3n) is 5.66. The number of amides is 2. The first-order valence-electron chi connectivity index (χ1n) is 11.0. The highest BCUT2D eigenvalue weighted by molar-refractivity contribution is 7.89. The minimum absolute atomic E-state index is 0.0586. The molecule has 0 atom stereocenters. The Labute approximate surface area is 199 Å². The molecule has 1 N–H and O–H groups in total. The Bertz CT molecular complexity index is 1160. The van der Waals surface area contributed by atoms with Gasteiger partial charge < -0.3 is 24.6 Å². The van der Waals surface area contributed by atoms with Crippen LogP contribution in [0.5, 0.6) is 5.75 Å². The summed E-state index contributed by atoms with van der Waals surface area (Å²) in [4.78, 5) is 28.8. The predicted molar refractivity (Wildman–Crippen MR) is 127 cm³/mol. The van der Waals surface area contributed by atoms with Gasteiger partial charge in [0.2, 0.25) is 10.0 Å².